The summed E-state index contributed by atoms with van der Waals surface area (Å²) in [5, 5.41) is 2.73. The molecule has 2 rings (SSSR count). The number of esters is 1. The Morgan fingerprint density at radius 1 is 1.00 bits per heavy atom. The first-order valence-corrected chi connectivity index (χ1v) is 8.89. The summed E-state index contributed by atoms with van der Waals surface area (Å²) in [7, 11) is 3.10. The molecule has 2 aromatic carbocycles. The van der Waals surface area contributed by atoms with Gasteiger partial charge in [-0.05, 0) is 36.8 Å². The maximum Gasteiger partial charge on any atom is 0.310 e. The van der Waals surface area contributed by atoms with Crippen LogP contribution in [0.5, 0.6) is 17.2 Å². The molecule has 0 aromatic heterocycles. The monoisotopic (exact) mass is 387 g/mol. The lowest BCUT2D eigenvalue weighted by atomic mass is 10.2. The van der Waals surface area contributed by atoms with Crippen LogP contribution in [0.1, 0.15) is 18.9 Å². The molecule has 0 aliphatic rings. The van der Waals surface area contributed by atoms with Gasteiger partial charge >= 0.3 is 5.97 Å². The van der Waals surface area contributed by atoms with Gasteiger partial charge in [-0.1, -0.05) is 24.3 Å². The van der Waals surface area contributed by atoms with E-state index < -0.39 is 12.1 Å². The smallest absolute Gasteiger partial charge is 0.310 e. The van der Waals surface area contributed by atoms with E-state index in [0.717, 1.165) is 5.56 Å². The van der Waals surface area contributed by atoms with Crippen molar-refractivity contribution in [1.82, 2.24) is 5.32 Å². The third-order valence-corrected chi connectivity index (χ3v) is 3.91. The molecule has 0 aliphatic heterocycles. The lowest BCUT2D eigenvalue weighted by Gasteiger charge is -2.14. The molecule has 1 N–H and O–H groups in total. The van der Waals surface area contributed by atoms with Gasteiger partial charge in [-0.15, -0.1) is 0 Å². The summed E-state index contributed by atoms with van der Waals surface area (Å²) in [6.45, 7) is 1.99. The number of rotatable bonds is 10. The second-order valence-corrected chi connectivity index (χ2v) is 5.95. The van der Waals surface area contributed by atoms with Crippen LogP contribution in [0.15, 0.2) is 48.5 Å². The van der Waals surface area contributed by atoms with Gasteiger partial charge in [0.2, 0.25) is 0 Å². The number of carbonyl (C=O) groups is 2. The van der Waals surface area contributed by atoms with Crippen LogP contribution in [-0.4, -0.2) is 38.8 Å². The zero-order valence-corrected chi connectivity index (χ0v) is 16.3. The summed E-state index contributed by atoms with van der Waals surface area (Å²) < 4.78 is 21.0. The molecule has 0 saturated heterocycles. The van der Waals surface area contributed by atoms with Crippen LogP contribution in [0, 0.1) is 0 Å². The van der Waals surface area contributed by atoms with Crippen LogP contribution in [0.2, 0.25) is 0 Å². The van der Waals surface area contributed by atoms with Crippen LogP contribution in [0.4, 0.5) is 0 Å². The molecule has 0 radical (unpaired) electrons. The van der Waals surface area contributed by atoms with Gasteiger partial charge in [0.1, 0.15) is 5.75 Å². The van der Waals surface area contributed by atoms with Crippen molar-refractivity contribution in [3.63, 3.8) is 0 Å². The molecule has 150 valence electrons. The van der Waals surface area contributed by atoms with Gasteiger partial charge in [0, 0.05) is 6.54 Å². The molecule has 0 unspecified atom stereocenters. The maximum atomic E-state index is 12.1. The molecule has 0 bridgehead atoms. The number of hydrogen-bond acceptors (Lipinski definition) is 6. The Bertz CT molecular complexity index is 778. The molecule has 1 amide bonds. The van der Waals surface area contributed by atoms with Crippen LogP contribution < -0.4 is 19.5 Å². The Labute approximate surface area is 164 Å². The number of ether oxygens (including phenoxy) is 4. The lowest BCUT2D eigenvalue weighted by molar-refractivity contribution is -0.155. The normalized spacial score (nSPS) is 11.2. The Morgan fingerprint density at radius 3 is 2.39 bits per heavy atom. The Balaban J connectivity index is 1.73. The highest BCUT2D eigenvalue weighted by Crippen LogP contribution is 2.27. The second-order valence-electron chi connectivity index (χ2n) is 5.95. The predicted octanol–water partition coefficient (Wildman–Crippen LogP) is 2.72. The molecule has 0 heterocycles. The van der Waals surface area contributed by atoms with E-state index in [1.165, 1.54) is 6.92 Å². The average Bonchev–Trinajstić information content (AvgIpc) is 2.72. The number of hydrogen-bond donors (Lipinski definition) is 1. The van der Waals surface area contributed by atoms with Gasteiger partial charge in [0.15, 0.2) is 17.6 Å². The third kappa shape index (κ3) is 6.50. The fourth-order valence-electron chi connectivity index (χ4n) is 2.40. The molecule has 0 fully saturated rings. The van der Waals surface area contributed by atoms with Crippen molar-refractivity contribution in [2.75, 3.05) is 20.8 Å². The highest BCUT2D eigenvalue weighted by atomic mass is 16.6. The molecule has 7 heteroatoms. The van der Waals surface area contributed by atoms with Gasteiger partial charge in [0.05, 0.1) is 27.2 Å². The first-order valence-electron chi connectivity index (χ1n) is 8.89. The quantitative estimate of drug-likeness (QED) is 0.631. The van der Waals surface area contributed by atoms with Crippen molar-refractivity contribution in [3.05, 3.63) is 54.1 Å². The van der Waals surface area contributed by atoms with Crippen molar-refractivity contribution >= 4 is 11.9 Å². The SMILES string of the molecule is COc1ccc(CNC(=O)[C@H](C)OC(=O)CCOc2ccccc2)cc1OC. The molecule has 0 saturated carbocycles. The number of amides is 1. The molecule has 1 atom stereocenters. The lowest BCUT2D eigenvalue weighted by Crippen LogP contribution is -2.35. The second kappa shape index (κ2) is 10.8. The van der Waals surface area contributed by atoms with Crippen LogP contribution in [-0.2, 0) is 20.9 Å². The fraction of sp³-hybridized carbons (Fsp3) is 0.333. The molecule has 2 aromatic rings. The third-order valence-electron chi connectivity index (χ3n) is 3.91. The average molecular weight is 387 g/mol. The molecule has 28 heavy (non-hydrogen) atoms. The number of nitrogens with one attached hydrogen (secondary N) is 1. The first kappa shape index (κ1) is 21.1. The van der Waals surface area contributed by atoms with Crippen LogP contribution in [0.25, 0.3) is 0 Å². The minimum Gasteiger partial charge on any atom is -0.493 e. The van der Waals surface area contributed by atoms with Crippen molar-refractivity contribution in [2.45, 2.75) is 26.0 Å². The summed E-state index contributed by atoms with van der Waals surface area (Å²) in [6.07, 6.45) is -0.841. The number of methoxy groups -OCH3 is 2. The van der Waals surface area contributed by atoms with E-state index >= 15 is 0 Å². The van der Waals surface area contributed by atoms with Crippen molar-refractivity contribution < 1.29 is 28.5 Å². The Morgan fingerprint density at radius 2 is 1.71 bits per heavy atom. The van der Waals surface area contributed by atoms with E-state index in [0.29, 0.717) is 17.2 Å². The Kier molecular flexibility index (Phi) is 8.14. The largest absolute Gasteiger partial charge is 0.493 e. The van der Waals surface area contributed by atoms with Gasteiger partial charge in [-0.2, -0.15) is 0 Å². The summed E-state index contributed by atoms with van der Waals surface area (Å²) in [6, 6.07) is 14.5. The van der Waals surface area contributed by atoms with Crippen LogP contribution in [0.3, 0.4) is 0 Å². The van der Waals surface area contributed by atoms with E-state index in [2.05, 4.69) is 5.32 Å². The van der Waals surface area contributed by atoms with E-state index in [-0.39, 0.29) is 25.5 Å². The highest BCUT2D eigenvalue weighted by Gasteiger charge is 2.17. The number of carbonyl (C=O) groups excluding carboxylic acids is 2. The van der Waals surface area contributed by atoms with Crippen molar-refractivity contribution in [3.8, 4) is 17.2 Å². The van der Waals surface area contributed by atoms with Gasteiger partial charge in [-0.25, -0.2) is 0 Å². The van der Waals surface area contributed by atoms with Gasteiger partial charge < -0.3 is 24.3 Å². The van der Waals surface area contributed by atoms with E-state index in [9.17, 15) is 9.59 Å². The minimum atomic E-state index is -0.899. The minimum absolute atomic E-state index is 0.0577. The highest BCUT2D eigenvalue weighted by molar-refractivity contribution is 5.83. The number of para-hydroxylation sites is 1. The first-order chi connectivity index (χ1) is 13.5. The summed E-state index contributed by atoms with van der Waals surface area (Å²) >= 11 is 0. The van der Waals surface area contributed by atoms with E-state index in [1.54, 1.807) is 38.5 Å². The summed E-state index contributed by atoms with van der Waals surface area (Å²) in [5.41, 5.74) is 0.834. The van der Waals surface area contributed by atoms with Crippen molar-refractivity contribution in [1.29, 1.82) is 0 Å². The van der Waals surface area contributed by atoms with Crippen molar-refractivity contribution in [2.24, 2.45) is 0 Å². The molecular formula is C21H25NO6. The zero-order valence-electron chi connectivity index (χ0n) is 16.3. The topological polar surface area (TPSA) is 83.1 Å². The van der Waals surface area contributed by atoms with Crippen LogP contribution >= 0.6 is 0 Å². The standard InChI is InChI=1S/C21H25NO6/c1-15(28-20(23)11-12-27-17-7-5-4-6-8-17)21(24)22-14-16-9-10-18(25-2)19(13-16)26-3/h4-10,13,15H,11-12,14H2,1-3H3,(H,22,24)/t15-/m0/s1. The van der Waals surface area contributed by atoms with Gasteiger partial charge in [0.25, 0.3) is 5.91 Å². The summed E-state index contributed by atoms with van der Waals surface area (Å²) in [5.74, 6) is 0.984. The fourth-order valence-corrected chi connectivity index (χ4v) is 2.40. The van der Waals surface area contributed by atoms with Gasteiger partial charge in [-0.3, -0.25) is 9.59 Å². The summed E-state index contributed by atoms with van der Waals surface area (Å²) in [4.78, 5) is 24.0. The molecular weight excluding hydrogens is 362 g/mol. The predicted molar refractivity (Wildman–Crippen MR) is 104 cm³/mol. The van der Waals surface area contributed by atoms with E-state index in [1.807, 2.05) is 24.3 Å². The number of benzene rings is 2. The molecule has 0 spiro atoms. The molecule has 7 nitrogen and oxygen atoms in total. The Hall–Kier alpha value is -3.22. The molecule has 0 aliphatic carbocycles. The zero-order chi connectivity index (χ0) is 20.4. The van der Waals surface area contributed by atoms with E-state index in [4.69, 9.17) is 18.9 Å². The maximum absolute atomic E-state index is 12.1.